The molecule has 0 atom stereocenters. The maximum Gasteiger partial charge on any atom is 0.186 e. The fourth-order valence-corrected chi connectivity index (χ4v) is 2.75. The Bertz CT molecular complexity index is 800. The summed E-state index contributed by atoms with van der Waals surface area (Å²) in [4.78, 5) is 0. The Balaban J connectivity index is 2.13. The van der Waals surface area contributed by atoms with Gasteiger partial charge in [0.25, 0.3) is 0 Å². The Morgan fingerprint density at radius 1 is 1.19 bits per heavy atom. The first-order valence-electron chi connectivity index (χ1n) is 8.44. The minimum absolute atomic E-state index is 0.276. The number of nitrogens with one attached hydrogen (secondary N) is 2. The van der Waals surface area contributed by atoms with Gasteiger partial charge in [0.15, 0.2) is 16.6 Å². The van der Waals surface area contributed by atoms with Gasteiger partial charge in [-0.25, -0.2) is 4.39 Å². The van der Waals surface area contributed by atoms with Crippen LogP contribution in [0.5, 0.6) is 11.5 Å². The molecule has 2 aromatic rings. The Morgan fingerprint density at radius 2 is 1.89 bits per heavy atom. The quantitative estimate of drug-likeness (QED) is 0.352. The second-order valence-corrected chi connectivity index (χ2v) is 6.66. The zero-order chi connectivity index (χ0) is 19.6. The fraction of sp³-hybridized carbons (Fsp3) is 0.263. The van der Waals surface area contributed by atoms with Crippen LogP contribution in [0, 0.1) is 5.82 Å². The molecule has 2 rings (SSSR count). The van der Waals surface area contributed by atoms with Gasteiger partial charge in [-0.2, -0.15) is 5.10 Å². The number of hydrogen-bond donors (Lipinski definition) is 2. The molecule has 8 heteroatoms. The Kier molecular flexibility index (Phi) is 8.47. The first-order chi connectivity index (χ1) is 13.0. The van der Waals surface area contributed by atoms with E-state index in [2.05, 4.69) is 31.8 Å². The molecular formula is C19H21BrFN3O2S. The highest BCUT2D eigenvalue weighted by molar-refractivity contribution is 9.10. The second kappa shape index (κ2) is 10.8. The van der Waals surface area contributed by atoms with E-state index >= 15 is 0 Å². The van der Waals surface area contributed by atoms with Gasteiger partial charge in [0.05, 0.1) is 12.8 Å². The highest BCUT2D eigenvalue weighted by Crippen LogP contribution is 2.33. The molecule has 0 saturated heterocycles. The van der Waals surface area contributed by atoms with Gasteiger partial charge in [-0.1, -0.05) is 12.1 Å². The van der Waals surface area contributed by atoms with Crippen LogP contribution in [0.1, 0.15) is 25.0 Å². The van der Waals surface area contributed by atoms with Crippen LogP contribution >= 0.6 is 28.1 Å². The third kappa shape index (κ3) is 6.80. The average Bonchev–Trinajstić information content (AvgIpc) is 2.64. The van der Waals surface area contributed by atoms with Crippen molar-refractivity contribution in [2.45, 2.75) is 20.5 Å². The van der Waals surface area contributed by atoms with Gasteiger partial charge < -0.3 is 14.8 Å². The van der Waals surface area contributed by atoms with Gasteiger partial charge in [-0.3, -0.25) is 5.43 Å². The van der Waals surface area contributed by atoms with E-state index in [1.807, 2.05) is 26.0 Å². The summed E-state index contributed by atoms with van der Waals surface area (Å²) in [5.74, 6) is 0.905. The molecule has 0 saturated carbocycles. The largest absolute Gasteiger partial charge is 0.490 e. The molecule has 2 aromatic carbocycles. The van der Waals surface area contributed by atoms with E-state index in [-0.39, 0.29) is 5.82 Å². The summed E-state index contributed by atoms with van der Waals surface area (Å²) < 4.78 is 25.3. The molecule has 2 N–H and O–H groups in total. The maximum atomic E-state index is 13.0. The van der Waals surface area contributed by atoms with Gasteiger partial charge in [0.1, 0.15) is 12.4 Å². The summed E-state index contributed by atoms with van der Waals surface area (Å²) in [6.07, 6.45) is 1.64. The predicted octanol–water partition coefficient (Wildman–Crippen LogP) is 4.38. The second-order valence-electron chi connectivity index (χ2n) is 5.40. The van der Waals surface area contributed by atoms with E-state index in [9.17, 15) is 4.39 Å². The monoisotopic (exact) mass is 453 g/mol. The lowest BCUT2D eigenvalue weighted by Gasteiger charge is -2.14. The number of halogens is 2. The SMILES string of the molecule is CCNC(=S)NN=Cc1cc(OCC)c(OCc2ccc(F)cc2)cc1Br. The van der Waals surface area contributed by atoms with Crippen LogP contribution in [0.15, 0.2) is 46.0 Å². The molecule has 144 valence electrons. The molecule has 0 amide bonds. The number of hydrogen-bond acceptors (Lipinski definition) is 4. The van der Waals surface area contributed by atoms with Crippen LogP contribution in [0.4, 0.5) is 4.39 Å². The summed E-state index contributed by atoms with van der Waals surface area (Å²) >= 11 is 8.58. The van der Waals surface area contributed by atoms with Crippen LogP contribution in [-0.2, 0) is 6.61 Å². The van der Waals surface area contributed by atoms with Crippen molar-refractivity contribution in [1.82, 2.24) is 10.7 Å². The van der Waals surface area contributed by atoms with E-state index in [0.29, 0.717) is 29.8 Å². The van der Waals surface area contributed by atoms with Crippen LogP contribution in [0.3, 0.4) is 0 Å². The van der Waals surface area contributed by atoms with Gasteiger partial charge in [0, 0.05) is 16.6 Å². The third-order valence-electron chi connectivity index (χ3n) is 3.38. The molecule has 0 heterocycles. The minimum Gasteiger partial charge on any atom is -0.490 e. The van der Waals surface area contributed by atoms with Crippen molar-refractivity contribution in [1.29, 1.82) is 0 Å². The minimum atomic E-state index is -0.276. The van der Waals surface area contributed by atoms with Crippen molar-refractivity contribution < 1.29 is 13.9 Å². The lowest BCUT2D eigenvalue weighted by molar-refractivity contribution is 0.269. The number of rotatable bonds is 8. The Labute approximate surface area is 172 Å². The standard InChI is InChI=1S/C19H21BrFN3O2S/c1-3-22-19(27)24-23-11-14-9-17(25-4-2)18(10-16(14)20)26-12-13-5-7-15(21)8-6-13/h5-11H,3-4,12H2,1-2H3,(H2,22,24,27). The van der Waals surface area contributed by atoms with Gasteiger partial charge in [-0.05, 0) is 71.8 Å². The molecule has 27 heavy (non-hydrogen) atoms. The lowest BCUT2D eigenvalue weighted by Crippen LogP contribution is -2.31. The van der Waals surface area contributed by atoms with Crippen LogP contribution in [0.25, 0.3) is 0 Å². The van der Waals surface area contributed by atoms with Gasteiger partial charge in [-0.15, -0.1) is 0 Å². The number of nitrogens with zero attached hydrogens (tertiary/aromatic N) is 1. The molecule has 0 fully saturated rings. The third-order valence-corrected chi connectivity index (χ3v) is 4.30. The molecule has 0 aliphatic rings. The number of benzene rings is 2. The van der Waals surface area contributed by atoms with Crippen LogP contribution in [-0.4, -0.2) is 24.5 Å². The predicted molar refractivity (Wildman–Crippen MR) is 113 cm³/mol. The summed E-state index contributed by atoms with van der Waals surface area (Å²) in [5.41, 5.74) is 4.41. The molecule has 0 radical (unpaired) electrons. The van der Waals surface area contributed by atoms with E-state index in [4.69, 9.17) is 21.7 Å². The molecule has 0 aromatic heterocycles. The Morgan fingerprint density at radius 3 is 2.56 bits per heavy atom. The summed E-state index contributed by atoms with van der Waals surface area (Å²) in [5, 5.41) is 7.52. The van der Waals surface area contributed by atoms with E-state index in [0.717, 1.165) is 22.1 Å². The lowest BCUT2D eigenvalue weighted by atomic mass is 10.2. The zero-order valence-corrected chi connectivity index (χ0v) is 17.5. The number of ether oxygens (including phenoxy) is 2. The summed E-state index contributed by atoms with van der Waals surface area (Å²) in [6, 6.07) is 9.83. The van der Waals surface area contributed by atoms with Crippen molar-refractivity contribution >= 4 is 39.5 Å². The van der Waals surface area contributed by atoms with Crippen molar-refractivity contribution in [3.63, 3.8) is 0 Å². The normalized spacial score (nSPS) is 10.7. The van der Waals surface area contributed by atoms with Crippen molar-refractivity contribution in [2.24, 2.45) is 5.10 Å². The van der Waals surface area contributed by atoms with E-state index in [1.54, 1.807) is 18.3 Å². The van der Waals surface area contributed by atoms with Gasteiger partial charge >= 0.3 is 0 Å². The van der Waals surface area contributed by atoms with Gasteiger partial charge in [0.2, 0.25) is 0 Å². The smallest absolute Gasteiger partial charge is 0.186 e. The molecule has 0 bridgehead atoms. The molecule has 0 aliphatic carbocycles. The molecule has 0 unspecified atom stereocenters. The molecule has 0 aliphatic heterocycles. The number of hydrazone groups is 1. The first-order valence-corrected chi connectivity index (χ1v) is 9.64. The van der Waals surface area contributed by atoms with Crippen molar-refractivity contribution in [3.05, 3.63) is 57.8 Å². The fourth-order valence-electron chi connectivity index (χ4n) is 2.13. The first kappa shape index (κ1) is 21.1. The molecular weight excluding hydrogens is 433 g/mol. The topological polar surface area (TPSA) is 54.9 Å². The average molecular weight is 454 g/mol. The van der Waals surface area contributed by atoms with Crippen LogP contribution < -0.4 is 20.2 Å². The summed E-state index contributed by atoms with van der Waals surface area (Å²) in [6.45, 7) is 5.37. The highest BCUT2D eigenvalue weighted by atomic mass is 79.9. The molecule has 0 spiro atoms. The van der Waals surface area contributed by atoms with E-state index in [1.165, 1.54) is 12.1 Å². The summed E-state index contributed by atoms with van der Waals surface area (Å²) in [7, 11) is 0. The van der Waals surface area contributed by atoms with Crippen molar-refractivity contribution in [2.75, 3.05) is 13.2 Å². The maximum absolute atomic E-state index is 13.0. The van der Waals surface area contributed by atoms with Crippen LogP contribution in [0.2, 0.25) is 0 Å². The van der Waals surface area contributed by atoms with E-state index < -0.39 is 0 Å². The zero-order valence-electron chi connectivity index (χ0n) is 15.1. The molecule has 5 nitrogen and oxygen atoms in total. The highest BCUT2D eigenvalue weighted by Gasteiger charge is 2.10. The number of thiocarbonyl (C=S) groups is 1. The Hall–Kier alpha value is -2.19. The van der Waals surface area contributed by atoms with Crippen molar-refractivity contribution in [3.8, 4) is 11.5 Å².